The van der Waals surface area contributed by atoms with Gasteiger partial charge >= 0.3 is 0 Å². The lowest BCUT2D eigenvalue weighted by atomic mass is 9.88. The van der Waals surface area contributed by atoms with Crippen molar-refractivity contribution in [2.24, 2.45) is 17.3 Å². The molecular formula is C14H29NO. The zero-order valence-electron chi connectivity index (χ0n) is 11.8. The maximum atomic E-state index is 5.58. The van der Waals surface area contributed by atoms with Crippen molar-refractivity contribution in [2.75, 3.05) is 13.7 Å². The minimum Gasteiger partial charge on any atom is -0.380 e. The van der Waals surface area contributed by atoms with Gasteiger partial charge in [-0.2, -0.15) is 0 Å². The molecule has 16 heavy (non-hydrogen) atoms. The Balaban J connectivity index is 2.41. The minimum atomic E-state index is 0.215. The first-order chi connectivity index (χ1) is 7.36. The van der Waals surface area contributed by atoms with E-state index in [1.54, 1.807) is 0 Å². The van der Waals surface area contributed by atoms with Crippen molar-refractivity contribution in [3.05, 3.63) is 0 Å². The first-order valence-electron chi connectivity index (χ1n) is 6.62. The van der Waals surface area contributed by atoms with Crippen LogP contribution in [-0.4, -0.2) is 25.8 Å². The summed E-state index contributed by atoms with van der Waals surface area (Å²) in [7, 11) is 1.82. The zero-order chi connectivity index (χ0) is 12.3. The highest BCUT2D eigenvalue weighted by atomic mass is 16.5. The molecule has 0 aliphatic heterocycles. The van der Waals surface area contributed by atoms with E-state index in [0.717, 1.165) is 18.4 Å². The third-order valence-corrected chi connectivity index (χ3v) is 3.64. The summed E-state index contributed by atoms with van der Waals surface area (Å²) in [5.41, 5.74) is 0.215. The molecule has 1 rings (SSSR count). The second kappa shape index (κ2) is 5.50. The van der Waals surface area contributed by atoms with E-state index in [1.165, 1.54) is 12.8 Å². The summed E-state index contributed by atoms with van der Waals surface area (Å²) in [6, 6.07) is 0.681. The summed E-state index contributed by atoms with van der Waals surface area (Å²) in [6.07, 6.45) is 3.11. The van der Waals surface area contributed by atoms with Gasteiger partial charge in [-0.25, -0.2) is 0 Å². The Morgan fingerprint density at radius 2 is 1.81 bits per heavy atom. The Bertz CT molecular complexity index is 199. The van der Waals surface area contributed by atoms with Crippen LogP contribution in [0.3, 0.4) is 0 Å². The molecule has 0 aromatic carbocycles. The Hall–Kier alpha value is -0.0800. The van der Waals surface area contributed by atoms with Gasteiger partial charge in [-0.1, -0.05) is 34.6 Å². The third kappa shape index (κ3) is 4.06. The van der Waals surface area contributed by atoms with Gasteiger partial charge < -0.3 is 10.1 Å². The van der Waals surface area contributed by atoms with Crippen molar-refractivity contribution >= 4 is 0 Å². The van der Waals surface area contributed by atoms with Crippen LogP contribution >= 0.6 is 0 Å². The molecule has 0 bridgehead atoms. The summed E-state index contributed by atoms with van der Waals surface area (Å²) in [4.78, 5) is 0. The molecule has 1 aliphatic carbocycles. The van der Waals surface area contributed by atoms with Gasteiger partial charge in [-0.15, -0.1) is 0 Å². The number of ether oxygens (including phenoxy) is 1. The monoisotopic (exact) mass is 227 g/mol. The van der Waals surface area contributed by atoms with Gasteiger partial charge in [0.15, 0.2) is 0 Å². The van der Waals surface area contributed by atoms with E-state index in [9.17, 15) is 0 Å². The lowest BCUT2D eigenvalue weighted by Gasteiger charge is -2.32. The van der Waals surface area contributed by atoms with Crippen molar-refractivity contribution in [1.82, 2.24) is 5.32 Å². The number of hydrogen-bond acceptors (Lipinski definition) is 2. The quantitative estimate of drug-likeness (QED) is 0.753. The normalized spacial score (nSPS) is 21.2. The molecule has 2 atom stereocenters. The van der Waals surface area contributed by atoms with Crippen LogP contribution in [0.5, 0.6) is 0 Å². The summed E-state index contributed by atoms with van der Waals surface area (Å²) in [5, 5.41) is 3.71. The predicted octanol–water partition coefficient (Wildman–Crippen LogP) is 3.07. The van der Waals surface area contributed by atoms with Gasteiger partial charge in [0.2, 0.25) is 0 Å². The molecule has 1 aliphatic rings. The topological polar surface area (TPSA) is 21.3 Å². The minimum absolute atomic E-state index is 0.215. The lowest BCUT2D eigenvalue weighted by molar-refractivity contribution is 0.0140. The van der Waals surface area contributed by atoms with Crippen LogP contribution in [0, 0.1) is 17.3 Å². The van der Waals surface area contributed by atoms with Crippen LogP contribution < -0.4 is 5.32 Å². The van der Waals surface area contributed by atoms with Crippen LogP contribution in [0.15, 0.2) is 0 Å². The lowest BCUT2D eigenvalue weighted by Crippen LogP contribution is -2.45. The second-order valence-corrected chi connectivity index (χ2v) is 6.61. The first kappa shape index (κ1) is 14.0. The van der Waals surface area contributed by atoms with Crippen LogP contribution in [0.1, 0.15) is 47.5 Å². The summed E-state index contributed by atoms with van der Waals surface area (Å²) in [6.45, 7) is 12.3. The summed E-state index contributed by atoms with van der Waals surface area (Å²) < 4.78 is 5.58. The Labute approximate surface area is 101 Å². The highest BCUT2D eigenvalue weighted by molar-refractivity contribution is 4.89. The van der Waals surface area contributed by atoms with Crippen molar-refractivity contribution in [3.8, 4) is 0 Å². The molecule has 2 heteroatoms. The third-order valence-electron chi connectivity index (χ3n) is 3.64. The average molecular weight is 227 g/mol. The van der Waals surface area contributed by atoms with Crippen LogP contribution in [0.25, 0.3) is 0 Å². The molecule has 0 radical (unpaired) electrons. The first-order valence-corrected chi connectivity index (χ1v) is 6.62. The maximum Gasteiger partial charge on any atom is 0.0743 e. The molecule has 0 heterocycles. The van der Waals surface area contributed by atoms with Gasteiger partial charge in [-0.3, -0.25) is 0 Å². The Morgan fingerprint density at radius 3 is 2.12 bits per heavy atom. The fraction of sp³-hybridized carbons (Fsp3) is 1.00. The molecule has 96 valence electrons. The fourth-order valence-electron chi connectivity index (χ4n) is 2.39. The fourth-order valence-corrected chi connectivity index (χ4v) is 2.39. The summed E-state index contributed by atoms with van der Waals surface area (Å²) in [5.74, 6) is 1.64. The number of nitrogens with one attached hydrogen (secondary N) is 1. The predicted molar refractivity (Wildman–Crippen MR) is 69.6 cm³/mol. The van der Waals surface area contributed by atoms with Gasteiger partial charge in [0.05, 0.1) is 6.10 Å². The molecule has 0 spiro atoms. The van der Waals surface area contributed by atoms with E-state index >= 15 is 0 Å². The number of hydrogen-bond donors (Lipinski definition) is 1. The van der Waals surface area contributed by atoms with Crippen molar-refractivity contribution in [3.63, 3.8) is 0 Å². The number of methoxy groups -OCH3 is 1. The second-order valence-electron chi connectivity index (χ2n) is 6.61. The maximum absolute atomic E-state index is 5.58. The molecule has 2 unspecified atom stereocenters. The number of rotatable bonds is 6. The molecule has 1 N–H and O–H groups in total. The van der Waals surface area contributed by atoms with Gasteiger partial charge in [0.1, 0.15) is 0 Å². The molecule has 0 saturated heterocycles. The van der Waals surface area contributed by atoms with Gasteiger partial charge in [0.25, 0.3) is 0 Å². The summed E-state index contributed by atoms with van der Waals surface area (Å²) >= 11 is 0. The highest BCUT2D eigenvalue weighted by Crippen LogP contribution is 2.35. The van der Waals surface area contributed by atoms with E-state index < -0.39 is 0 Å². The Morgan fingerprint density at radius 1 is 1.25 bits per heavy atom. The van der Waals surface area contributed by atoms with Crippen molar-refractivity contribution in [1.29, 1.82) is 0 Å². The molecule has 1 saturated carbocycles. The molecular weight excluding hydrogens is 198 g/mol. The van der Waals surface area contributed by atoms with Crippen LogP contribution in [0.4, 0.5) is 0 Å². The standard InChI is InChI=1S/C14H29NO/c1-10(2)13(11-7-8-11)15-9-12(16-6)14(3,4)5/h10-13,15H,7-9H2,1-6H3. The van der Waals surface area contributed by atoms with Crippen LogP contribution in [0.2, 0.25) is 0 Å². The van der Waals surface area contributed by atoms with Gasteiger partial charge in [0, 0.05) is 19.7 Å². The smallest absolute Gasteiger partial charge is 0.0743 e. The molecule has 0 amide bonds. The highest BCUT2D eigenvalue weighted by Gasteiger charge is 2.34. The average Bonchev–Trinajstić information content (AvgIpc) is 2.93. The molecule has 0 aromatic rings. The van der Waals surface area contributed by atoms with E-state index in [2.05, 4.69) is 39.9 Å². The van der Waals surface area contributed by atoms with E-state index in [4.69, 9.17) is 4.74 Å². The molecule has 1 fully saturated rings. The zero-order valence-corrected chi connectivity index (χ0v) is 11.8. The van der Waals surface area contributed by atoms with Crippen molar-refractivity contribution in [2.45, 2.75) is 59.6 Å². The van der Waals surface area contributed by atoms with Crippen LogP contribution in [-0.2, 0) is 4.74 Å². The van der Waals surface area contributed by atoms with E-state index in [0.29, 0.717) is 12.1 Å². The van der Waals surface area contributed by atoms with Gasteiger partial charge in [-0.05, 0) is 30.1 Å². The Kier molecular flexibility index (Phi) is 4.81. The molecule has 2 nitrogen and oxygen atoms in total. The van der Waals surface area contributed by atoms with E-state index in [-0.39, 0.29) is 5.41 Å². The largest absolute Gasteiger partial charge is 0.380 e. The molecule has 0 aromatic heterocycles. The van der Waals surface area contributed by atoms with E-state index in [1.807, 2.05) is 7.11 Å². The SMILES string of the molecule is COC(CNC(C(C)C)C1CC1)C(C)(C)C. The van der Waals surface area contributed by atoms with Crippen molar-refractivity contribution < 1.29 is 4.74 Å².